The molecule has 1 aromatic rings. The highest BCUT2D eigenvalue weighted by molar-refractivity contribution is 6.31. The topological polar surface area (TPSA) is 20.2 Å². The summed E-state index contributed by atoms with van der Waals surface area (Å²) in [6.45, 7) is 1.89. The van der Waals surface area contributed by atoms with Crippen LogP contribution >= 0.6 is 11.6 Å². The van der Waals surface area contributed by atoms with Gasteiger partial charge >= 0.3 is 0 Å². The van der Waals surface area contributed by atoms with Crippen molar-refractivity contribution in [1.82, 2.24) is 0 Å². The highest BCUT2D eigenvalue weighted by atomic mass is 35.5. The van der Waals surface area contributed by atoms with Gasteiger partial charge in [0, 0.05) is 17.9 Å². The molecule has 1 saturated carbocycles. The summed E-state index contributed by atoms with van der Waals surface area (Å²) in [6.07, 6.45) is -0.235. The zero-order chi connectivity index (χ0) is 13.3. The van der Waals surface area contributed by atoms with Crippen LogP contribution in [0.25, 0.3) is 0 Å². The molecule has 0 aliphatic heterocycles. The highest BCUT2D eigenvalue weighted by Crippen LogP contribution is 2.41. The van der Waals surface area contributed by atoms with Crippen LogP contribution in [0.5, 0.6) is 0 Å². The number of rotatable bonds is 2. The predicted molar refractivity (Wildman–Crippen MR) is 68.1 cm³/mol. The lowest BCUT2D eigenvalue weighted by Crippen LogP contribution is -2.27. The average Bonchev–Trinajstić information content (AvgIpc) is 2.32. The van der Waals surface area contributed by atoms with Gasteiger partial charge in [-0.1, -0.05) is 23.7 Å². The van der Waals surface area contributed by atoms with E-state index in [0.717, 1.165) is 11.1 Å². The Morgan fingerprint density at radius 3 is 2.50 bits per heavy atom. The minimum Gasteiger partial charge on any atom is -0.388 e. The normalized spacial score (nSPS) is 21.8. The van der Waals surface area contributed by atoms with E-state index in [1.807, 2.05) is 19.1 Å². The minimum absolute atomic E-state index is 0.0941. The van der Waals surface area contributed by atoms with Gasteiger partial charge in [-0.25, -0.2) is 8.78 Å². The average molecular weight is 275 g/mol. The van der Waals surface area contributed by atoms with Crippen molar-refractivity contribution >= 4 is 11.6 Å². The van der Waals surface area contributed by atoms with Crippen molar-refractivity contribution in [3.63, 3.8) is 0 Å². The van der Waals surface area contributed by atoms with Gasteiger partial charge in [0.05, 0.1) is 6.10 Å². The molecule has 1 aromatic carbocycles. The molecular formula is C14H17ClF2O. The molecule has 0 saturated heterocycles. The smallest absolute Gasteiger partial charge is 0.248 e. The number of hydrogen-bond acceptors (Lipinski definition) is 1. The van der Waals surface area contributed by atoms with E-state index < -0.39 is 12.0 Å². The first-order chi connectivity index (χ1) is 8.39. The molecule has 18 heavy (non-hydrogen) atoms. The number of aryl methyl sites for hydroxylation is 1. The van der Waals surface area contributed by atoms with Gasteiger partial charge in [0.2, 0.25) is 5.92 Å². The van der Waals surface area contributed by atoms with Gasteiger partial charge in [-0.3, -0.25) is 0 Å². The molecule has 1 N–H and O–H groups in total. The Balaban J connectivity index is 2.07. The quantitative estimate of drug-likeness (QED) is 0.841. The third-order valence-corrected chi connectivity index (χ3v) is 4.15. The molecule has 4 heteroatoms. The largest absolute Gasteiger partial charge is 0.388 e. The van der Waals surface area contributed by atoms with Crippen molar-refractivity contribution < 1.29 is 13.9 Å². The third kappa shape index (κ3) is 3.01. The summed E-state index contributed by atoms with van der Waals surface area (Å²) in [5.41, 5.74) is 1.67. The fourth-order valence-electron chi connectivity index (χ4n) is 2.44. The van der Waals surface area contributed by atoms with E-state index >= 15 is 0 Å². The molecule has 1 nitrogen and oxygen atoms in total. The Morgan fingerprint density at radius 1 is 1.33 bits per heavy atom. The van der Waals surface area contributed by atoms with Crippen molar-refractivity contribution in [2.24, 2.45) is 5.92 Å². The first-order valence-corrected chi connectivity index (χ1v) is 6.59. The van der Waals surface area contributed by atoms with Crippen molar-refractivity contribution in [2.75, 3.05) is 0 Å². The number of hydrogen-bond donors (Lipinski definition) is 1. The van der Waals surface area contributed by atoms with Crippen LogP contribution in [0.4, 0.5) is 8.78 Å². The summed E-state index contributed by atoms with van der Waals surface area (Å²) in [5, 5.41) is 10.8. The van der Waals surface area contributed by atoms with Crippen LogP contribution in [-0.4, -0.2) is 11.0 Å². The molecule has 0 aromatic heterocycles. The zero-order valence-electron chi connectivity index (χ0n) is 10.3. The van der Waals surface area contributed by atoms with Crippen molar-refractivity contribution in [2.45, 2.75) is 44.6 Å². The van der Waals surface area contributed by atoms with Gasteiger partial charge in [0.15, 0.2) is 0 Å². The Labute approximate surface area is 111 Å². The fraction of sp³-hybridized carbons (Fsp3) is 0.571. The summed E-state index contributed by atoms with van der Waals surface area (Å²) in [4.78, 5) is 0. The standard InChI is InChI=1S/C14H17ClF2O/c1-9-2-3-11(8-12(9)15)13(18)10-4-6-14(16,17)7-5-10/h2-3,8,10,13,18H,4-7H2,1H3. The van der Waals surface area contributed by atoms with E-state index in [1.54, 1.807) is 6.07 Å². The second-order valence-electron chi connectivity index (χ2n) is 5.15. The Hall–Kier alpha value is -0.670. The van der Waals surface area contributed by atoms with E-state index in [1.165, 1.54) is 0 Å². The van der Waals surface area contributed by atoms with Crippen molar-refractivity contribution in [3.8, 4) is 0 Å². The van der Waals surface area contributed by atoms with E-state index in [0.29, 0.717) is 17.9 Å². The molecule has 0 heterocycles. The van der Waals surface area contributed by atoms with Gasteiger partial charge < -0.3 is 5.11 Å². The number of benzene rings is 1. The fourth-order valence-corrected chi connectivity index (χ4v) is 2.63. The minimum atomic E-state index is -2.55. The first kappa shape index (κ1) is 13.8. The van der Waals surface area contributed by atoms with Crippen LogP contribution in [0, 0.1) is 12.8 Å². The Kier molecular flexibility index (Phi) is 3.93. The van der Waals surface area contributed by atoms with Crippen LogP contribution in [0.15, 0.2) is 18.2 Å². The summed E-state index contributed by atoms with van der Waals surface area (Å²) in [6, 6.07) is 5.39. The highest BCUT2D eigenvalue weighted by Gasteiger charge is 2.37. The molecule has 2 rings (SSSR count). The Bertz CT molecular complexity index is 424. The van der Waals surface area contributed by atoms with E-state index in [9.17, 15) is 13.9 Å². The van der Waals surface area contributed by atoms with Crippen LogP contribution < -0.4 is 0 Å². The second-order valence-corrected chi connectivity index (χ2v) is 5.55. The zero-order valence-corrected chi connectivity index (χ0v) is 11.1. The molecule has 0 radical (unpaired) electrons. The number of alkyl halides is 2. The molecule has 1 aliphatic rings. The summed E-state index contributed by atoms with van der Waals surface area (Å²) in [7, 11) is 0. The maximum Gasteiger partial charge on any atom is 0.248 e. The molecule has 1 atom stereocenters. The van der Waals surface area contributed by atoms with Crippen molar-refractivity contribution in [3.05, 3.63) is 34.3 Å². The van der Waals surface area contributed by atoms with Gasteiger partial charge in [-0.2, -0.15) is 0 Å². The molecule has 1 aliphatic carbocycles. The number of halogens is 3. The molecule has 0 spiro atoms. The summed E-state index contributed by atoms with van der Waals surface area (Å²) < 4.78 is 26.1. The molecule has 1 unspecified atom stereocenters. The molecule has 0 amide bonds. The lowest BCUT2D eigenvalue weighted by Gasteiger charge is -2.31. The second kappa shape index (κ2) is 5.14. The molecule has 100 valence electrons. The van der Waals surface area contributed by atoms with Gasteiger partial charge in [0.25, 0.3) is 0 Å². The maximum absolute atomic E-state index is 13.1. The van der Waals surface area contributed by atoms with E-state index in [4.69, 9.17) is 11.6 Å². The number of aliphatic hydroxyl groups excluding tert-OH is 1. The van der Waals surface area contributed by atoms with Crippen LogP contribution in [0.3, 0.4) is 0 Å². The number of aliphatic hydroxyl groups is 1. The van der Waals surface area contributed by atoms with Gasteiger partial charge in [0.1, 0.15) is 0 Å². The van der Waals surface area contributed by atoms with Crippen LogP contribution in [-0.2, 0) is 0 Å². The predicted octanol–water partition coefficient (Wildman–Crippen LogP) is 4.51. The van der Waals surface area contributed by atoms with Gasteiger partial charge in [-0.05, 0) is 42.9 Å². The molecular weight excluding hydrogens is 258 g/mol. The van der Waals surface area contributed by atoms with Crippen LogP contribution in [0.2, 0.25) is 5.02 Å². The summed E-state index contributed by atoms with van der Waals surface area (Å²) in [5.74, 6) is -2.65. The summed E-state index contributed by atoms with van der Waals surface area (Å²) >= 11 is 6.01. The first-order valence-electron chi connectivity index (χ1n) is 6.21. The lowest BCUT2D eigenvalue weighted by molar-refractivity contribution is -0.0627. The van der Waals surface area contributed by atoms with Crippen molar-refractivity contribution in [1.29, 1.82) is 0 Å². The van der Waals surface area contributed by atoms with E-state index in [2.05, 4.69) is 0 Å². The lowest BCUT2D eigenvalue weighted by atomic mass is 9.81. The maximum atomic E-state index is 13.1. The Morgan fingerprint density at radius 2 is 1.94 bits per heavy atom. The molecule has 1 fully saturated rings. The SMILES string of the molecule is Cc1ccc(C(O)C2CCC(F)(F)CC2)cc1Cl. The van der Waals surface area contributed by atoms with Gasteiger partial charge in [-0.15, -0.1) is 0 Å². The third-order valence-electron chi connectivity index (χ3n) is 3.75. The van der Waals surface area contributed by atoms with E-state index in [-0.39, 0.29) is 18.8 Å². The molecule has 0 bridgehead atoms. The monoisotopic (exact) mass is 274 g/mol. The van der Waals surface area contributed by atoms with Crippen LogP contribution in [0.1, 0.15) is 42.9 Å².